The molecule has 5 heterocycles. The summed E-state index contributed by atoms with van der Waals surface area (Å²) in [6.07, 6.45) is 0. The van der Waals surface area contributed by atoms with Gasteiger partial charge in [-0.1, -0.05) is 94.1 Å². The molecule has 8 bridgehead atoms. The van der Waals surface area contributed by atoms with Gasteiger partial charge in [0.25, 0.3) is 0 Å². The van der Waals surface area contributed by atoms with Crippen LogP contribution in [0.25, 0.3) is 89.7 Å². The maximum absolute atomic E-state index is 5.90. The van der Waals surface area contributed by atoms with Crippen LogP contribution in [-0.4, -0.2) is 86.8 Å². The van der Waals surface area contributed by atoms with Crippen molar-refractivity contribution in [3.05, 3.63) is 243 Å². The molecule has 0 saturated carbocycles. The molecule has 12 aromatic carbocycles. The zero-order valence-electron chi connectivity index (χ0n) is 61.5. The van der Waals surface area contributed by atoms with Crippen LogP contribution in [0.4, 0.5) is 0 Å². The second kappa shape index (κ2) is 34.2. The molecule has 0 amide bonds. The molecule has 0 saturated heterocycles. The van der Waals surface area contributed by atoms with E-state index in [0.29, 0.717) is 45.9 Å². The molecule has 0 fully saturated rings. The summed E-state index contributed by atoms with van der Waals surface area (Å²) in [7, 11) is 13.4. The van der Waals surface area contributed by atoms with Gasteiger partial charge in [0.05, 0.1) is 80.2 Å². The summed E-state index contributed by atoms with van der Waals surface area (Å²) in [5.74, 6) is 7.35. The summed E-state index contributed by atoms with van der Waals surface area (Å²) in [5.41, 5.74) is 4.44. The number of methoxy groups -OCH3 is 8. The Morgan fingerprint density at radius 2 is 0.327 bits per heavy atom. The van der Waals surface area contributed by atoms with Crippen LogP contribution < -0.4 is 47.9 Å². The average Bonchev–Trinajstić information content (AvgIpc) is 1.58. The first kappa shape index (κ1) is 76.7. The molecule has 15 aromatic rings. The number of nitrogens with zero attached hydrogens (tertiary/aromatic N) is 8. The molecule has 3 aromatic heterocycles. The summed E-state index contributed by atoms with van der Waals surface area (Å²) in [4.78, 5) is 61.2. The molecule has 0 unspecified atom stereocenters. The van der Waals surface area contributed by atoms with Gasteiger partial charge in [0, 0.05) is 145 Å². The van der Waals surface area contributed by atoms with Crippen LogP contribution in [0.1, 0.15) is 0 Å². The van der Waals surface area contributed by atoms with E-state index in [2.05, 4.69) is 146 Å². The molecular weight excluding hydrogens is 1610 g/mol. The van der Waals surface area contributed by atoms with Crippen LogP contribution in [0, 0.1) is 0 Å². The third-order valence-corrected chi connectivity index (χ3v) is 26.8. The molecule has 25 heteroatoms. The summed E-state index contributed by atoms with van der Waals surface area (Å²) in [6.45, 7) is 0. The monoisotopic (exact) mass is 1680 g/mol. The average molecular weight is 1680 g/mol. The normalized spacial score (nSPS) is 11.4. The van der Waals surface area contributed by atoms with Gasteiger partial charge in [0.15, 0.2) is 0 Å². The van der Waals surface area contributed by atoms with E-state index in [0.717, 1.165) is 168 Å². The van der Waals surface area contributed by atoms with Gasteiger partial charge in [0.1, 0.15) is 46.0 Å². The Morgan fingerprint density at radius 1 is 0.186 bits per heavy atom. The molecule has 561 valence electrons. The predicted molar refractivity (Wildman–Crippen MR) is 451 cm³/mol. The van der Waals surface area contributed by atoms with Crippen LogP contribution in [-0.2, 0) is 16.8 Å². The Kier molecular flexibility index (Phi) is 23.2. The predicted octanol–water partition coefficient (Wildman–Crippen LogP) is 23.4. The number of aromatic nitrogens is 8. The van der Waals surface area contributed by atoms with Gasteiger partial charge in [-0.2, -0.15) is 0 Å². The van der Waals surface area contributed by atoms with Crippen molar-refractivity contribution < 1.29 is 54.7 Å². The summed E-state index contributed by atoms with van der Waals surface area (Å²) in [5, 5.41) is 2.96. The second-order valence-electron chi connectivity index (χ2n) is 25.0. The van der Waals surface area contributed by atoms with Gasteiger partial charge in [-0.05, 0) is 243 Å². The van der Waals surface area contributed by atoms with Crippen LogP contribution in [0.15, 0.2) is 321 Å². The fraction of sp³-hybridized carbons (Fsp3) is 0.0909. The summed E-state index contributed by atoms with van der Waals surface area (Å²) < 4.78 is 45.6. The Labute approximate surface area is 696 Å². The molecule has 0 atom stereocenters. The fourth-order valence-electron chi connectivity index (χ4n) is 12.8. The molecule has 16 nitrogen and oxygen atoms in total. The molecule has 113 heavy (non-hydrogen) atoms. The molecule has 2 aliphatic rings. The number of fused-ring (bicyclic) bond motifs is 20. The SMILES string of the molecule is COc1ccc(Sc2ccc(Sc3ccc(OC)cc3)c3c2-c2nc-3nc3[n-]c(nc4nc(nc5[n-]c(n2)c2c(Sc6ccc(OC)cc6)ccc(Sc6ccc(OC)cc6)c52)-c2c(Sc5ccc(OC)cc5)ccc(Sc5ccc(OC)cc5)c2-4)c2c(Sc4ccc(OC)cc4)ccc(Sc4ccc(OC)cc4)c32)cc1.[Co+2]. The number of benzene rings is 12. The van der Waals surface area contributed by atoms with E-state index in [1.54, 1.807) is 151 Å². The van der Waals surface area contributed by atoms with E-state index in [4.69, 9.17) is 77.8 Å². The quantitative estimate of drug-likeness (QED) is 0.0557. The minimum absolute atomic E-state index is 0. The second-order valence-corrected chi connectivity index (χ2v) is 33.9. The van der Waals surface area contributed by atoms with Crippen molar-refractivity contribution >= 4 is 138 Å². The van der Waals surface area contributed by atoms with E-state index in [1.807, 2.05) is 97.1 Å². The Balaban J connectivity index is 0.00000964. The van der Waals surface area contributed by atoms with E-state index in [-0.39, 0.29) is 16.8 Å². The molecule has 17 rings (SSSR count). The van der Waals surface area contributed by atoms with Crippen molar-refractivity contribution in [2.24, 2.45) is 0 Å². The van der Waals surface area contributed by atoms with E-state index >= 15 is 0 Å². The van der Waals surface area contributed by atoms with Gasteiger partial charge in [-0.3, -0.25) is 0 Å². The van der Waals surface area contributed by atoms with Crippen molar-refractivity contribution in [3.8, 4) is 91.5 Å². The number of rotatable bonds is 24. The first-order valence-corrected chi connectivity index (χ1v) is 41.5. The zero-order chi connectivity index (χ0) is 76.3. The van der Waals surface area contributed by atoms with Crippen LogP contribution in [0.3, 0.4) is 0 Å². The van der Waals surface area contributed by atoms with Crippen LogP contribution >= 0.6 is 94.1 Å². The van der Waals surface area contributed by atoms with E-state index < -0.39 is 0 Å². The minimum Gasteiger partial charge on any atom is -0.497 e. The zero-order valence-corrected chi connectivity index (χ0v) is 69.1. The maximum atomic E-state index is 5.90. The number of ether oxygens (including phenoxy) is 8. The third kappa shape index (κ3) is 16.2. The van der Waals surface area contributed by atoms with Gasteiger partial charge in [0.2, 0.25) is 0 Å². The van der Waals surface area contributed by atoms with Gasteiger partial charge >= 0.3 is 16.8 Å². The van der Waals surface area contributed by atoms with Gasteiger partial charge in [-0.15, -0.1) is 0 Å². The summed E-state index contributed by atoms with van der Waals surface area (Å²) in [6, 6.07) is 81.6. The molecule has 0 spiro atoms. The molecular formula is C88H64CoN8O8S8. The standard InChI is InChI=1S/C88H64N8O8S8.Co/c1-97-49-9-25-57(26-10-49)105-65-41-42-66(106-58-27-11-50(98-2)12-28-58)74-73(65)81-89-82(74)94-84-77-69(109-61-33-17-53(101-5)18-34-61)45-46-70(110-62-35-19-54(102-6)20-36-62)78(77)86(91-84)96-88-80-72(112-64-39-23-56(104-8)24-40-64)48-47-71(111-63-37-21-55(103-7)22-38-63)79(80)87(92-88)95-85-76-68(108-60-31-15-52(100-4)16-32-60)44-43-67(75(76)83(90-85)93-81)107-59-29-13-51(99-3)14-30-59;/h9-48H,1-8H3;/q-2;+2. The molecule has 0 aliphatic carbocycles. The van der Waals surface area contributed by atoms with E-state index in [9.17, 15) is 0 Å². The van der Waals surface area contributed by atoms with Gasteiger partial charge < -0.3 is 67.8 Å². The first-order chi connectivity index (χ1) is 55.0. The van der Waals surface area contributed by atoms with Crippen molar-refractivity contribution in [1.29, 1.82) is 0 Å². The third-order valence-electron chi connectivity index (χ3n) is 18.3. The van der Waals surface area contributed by atoms with Crippen LogP contribution in [0.2, 0.25) is 0 Å². The Bertz CT molecular complexity index is 5490. The number of hydrogen-bond donors (Lipinski definition) is 0. The van der Waals surface area contributed by atoms with Gasteiger partial charge in [-0.25, -0.2) is 9.97 Å². The van der Waals surface area contributed by atoms with Crippen molar-refractivity contribution in [2.75, 3.05) is 56.9 Å². The maximum Gasteiger partial charge on any atom is 2.00 e. The molecule has 2 aliphatic heterocycles. The largest absolute Gasteiger partial charge is 2.00 e. The van der Waals surface area contributed by atoms with Crippen LogP contribution in [0.5, 0.6) is 46.0 Å². The van der Waals surface area contributed by atoms with Crippen molar-refractivity contribution in [2.45, 2.75) is 78.3 Å². The van der Waals surface area contributed by atoms with Crippen molar-refractivity contribution in [1.82, 2.24) is 39.9 Å². The van der Waals surface area contributed by atoms with Crippen molar-refractivity contribution in [3.63, 3.8) is 0 Å². The molecule has 1 radical (unpaired) electrons. The molecule has 0 N–H and O–H groups in total. The summed E-state index contributed by atoms with van der Waals surface area (Å²) >= 11 is 12.7. The minimum atomic E-state index is 0. The van der Waals surface area contributed by atoms with E-state index in [1.165, 1.54) is 0 Å². The Morgan fingerprint density at radius 3 is 0.478 bits per heavy atom. The Hall–Kier alpha value is -10.3. The fourth-order valence-corrected chi connectivity index (χ4v) is 20.4. The number of hydrogen-bond acceptors (Lipinski definition) is 22. The topological polar surface area (TPSA) is 179 Å². The first-order valence-electron chi connectivity index (χ1n) is 35.0. The smallest absolute Gasteiger partial charge is 0.497 e.